The number of carbonyl (C=O) groups excluding carboxylic acids is 2. The summed E-state index contributed by atoms with van der Waals surface area (Å²) in [5.74, 6) is 0.258. The summed E-state index contributed by atoms with van der Waals surface area (Å²) in [5, 5.41) is 10.0. The van der Waals surface area contributed by atoms with Gasteiger partial charge in [0.15, 0.2) is 0 Å². The summed E-state index contributed by atoms with van der Waals surface area (Å²) in [5.41, 5.74) is 2.54. The van der Waals surface area contributed by atoms with Crippen molar-refractivity contribution in [2.75, 3.05) is 11.9 Å². The summed E-state index contributed by atoms with van der Waals surface area (Å²) in [6.45, 7) is 9.61. The van der Waals surface area contributed by atoms with E-state index in [2.05, 4.69) is 20.8 Å². The molecule has 168 valence electrons. The Bertz CT molecular complexity index is 1100. The molecule has 1 atom stereocenters. The van der Waals surface area contributed by atoms with Crippen molar-refractivity contribution in [2.24, 2.45) is 0 Å². The molecule has 1 unspecified atom stereocenters. The molecule has 0 bridgehead atoms. The number of nitrogens with one attached hydrogen (secondary N) is 2. The number of benzene rings is 2. The highest BCUT2D eigenvalue weighted by atomic mass is 16.5. The molecule has 3 rings (SSSR count). The second-order valence-corrected chi connectivity index (χ2v) is 8.41. The molecule has 1 heterocycles. The molecule has 0 aliphatic heterocycles. The quantitative estimate of drug-likeness (QED) is 0.527. The van der Waals surface area contributed by atoms with Crippen molar-refractivity contribution in [1.29, 1.82) is 0 Å². The van der Waals surface area contributed by atoms with Crippen LogP contribution in [0.2, 0.25) is 0 Å². The molecule has 0 aliphatic carbocycles. The Hall–Kier alpha value is -3.68. The van der Waals surface area contributed by atoms with Crippen molar-refractivity contribution in [3.8, 4) is 11.4 Å². The van der Waals surface area contributed by atoms with E-state index >= 15 is 0 Å². The topological polar surface area (TPSA) is 106 Å². The minimum Gasteiger partial charge on any atom is -0.464 e. The summed E-state index contributed by atoms with van der Waals surface area (Å²) >= 11 is 0. The SMILES string of the molecule is CCOC(=O)C(C)NC(=O)c1cccc(Nc2cccc(-c3noc(C(C)(C)C)n3)c2)c1. The van der Waals surface area contributed by atoms with Gasteiger partial charge in [0.1, 0.15) is 6.04 Å². The van der Waals surface area contributed by atoms with Crippen LogP contribution in [0.3, 0.4) is 0 Å². The number of esters is 1. The Morgan fingerprint density at radius 1 is 1.09 bits per heavy atom. The number of amides is 1. The van der Waals surface area contributed by atoms with E-state index in [1.165, 1.54) is 0 Å². The number of aromatic nitrogens is 2. The first-order valence-electron chi connectivity index (χ1n) is 10.5. The van der Waals surface area contributed by atoms with Crippen LogP contribution in [0.25, 0.3) is 11.4 Å². The average Bonchev–Trinajstić information content (AvgIpc) is 3.25. The minimum atomic E-state index is -0.733. The third-order valence-corrected chi connectivity index (χ3v) is 4.59. The van der Waals surface area contributed by atoms with Gasteiger partial charge in [-0.25, -0.2) is 4.79 Å². The summed E-state index contributed by atoms with van der Waals surface area (Å²) < 4.78 is 10.3. The molecule has 2 N–H and O–H groups in total. The number of rotatable bonds is 7. The third-order valence-electron chi connectivity index (χ3n) is 4.59. The van der Waals surface area contributed by atoms with Crippen LogP contribution >= 0.6 is 0 Å². The lowest BCUT2D eigenvalue weighted by atomic mass is 9.97. The van der Waals surface area contributed by atoms with E-state index in [-0.39, 0.29) is 17.9 Å². The van der Waals surface area contributed by atoms with Crippen LogP contribution in [0.4, 0.5) is 11.4 Å². The lowest BCUT2D eigenvalue weighted by Crippen LogP contribution is -2.39. The standard InChI is InChI=1S/C24H28N4O4/c1-6-31-22(30)15(2)25-21(29)17-10-8-12-19(14-17)26-18-11-7-9-16(13-18)20-27-23(32-28-20)24(3,4)5/h7-15,26H,6H2,1-5H3,(H,25,29). The molecule has 8 nitrogen and oxygen atoms in total. The number of carbonyl (C=O) groups is 2. The number of anilines is 2. The minimum absolute atomic E-state index is 0.229. The van der Waals surface area contributed by atoms with E-state index in [1.807, 2.05) is 51.1 Å². The van der Waals surface area contributed by atoms with Gasteiger partial charge in [-0.3, -0.25) is 4.79 Å². The van der Waals surface area contributed by atoms with Gasteiger partial charge >= 0.3 is 5.97 Å². The van der Waals surface area contributed by atoms with Crippen molar-refractivity contribution in [3.63, 3.8) is 0 Å². The maximum atomic E-state index is 12.5. The number of hydrogen-bond acceptors (Lipinski definition) is 7. The maximum absolute atomic E-state index is 12.5. The predicted molar refractivity (Wildman–Crippen MR) is 122 cm³/mol. The van der Waals surface area contributed by atoms with Gasteiger partial charge in [-0.2, -0.15) is 4.98 Å². The van der Waals surface area contributed by atoms with Crippen LogP contribution in [-0.4, -0.2) is 34.7 Å². The first-order chi connectivity index (χ1) is 15.2. The van der Waals surface area contributed by atoms with Crippen molar-refractivity contribution >= 4 is 23.3 Å². The fourth-order valence-corrected chi connectivity index (χ4v) is 2.89. The van der Waals surface area contributed by atoms with Crippen molar-refractivity contribution in [3.05, 3.63) is 60.0 Å². The van der Waals surface area contributed by atoms with Gasteiger partial charge in [0.05, 0.1) is 6.61 Å². The van der Waals surface area contributed by atoms with Crippen LogP contribution < -0.4 is 10.6 Å². The Balaban J connectivity index is 1.73. The first-order valence-corrected chi connectivity index (χ1v) is 10.5. The molecular formula is C24H28N4O4. The smallest absolute Gasteiger partial charge is 0.328 e. The molecule has 8 heteroatoms. The maximum Gasteiger partial charge on any atom is 0.328 e. The molecule has 0 saturated heterocycles. The summed E-state index contributed by atoms with van der Waals surface area (Å²) in [6, 6.07) is 13.9. The molecule has 0 spiro atoms. The summed E-state index contributed by atoms with van der Waals surface area (Å²) in [7, 11) is 0. The molecule has 3 aromatic rings. The largest absolute Gasteiger partial charge is 0.464 e. The van der Waals surface area contributed by atoms with Crippen LogP contribution in [0.1, 0.15) is 50.9 Å². The second-order valence-electron chi connectivity index (χ2n) is 8.41. The Morgan fingerprint density at radius 2 is 1.78 bits per heavy atom. The summed E-state index contributed by atoms with van der Waals surface area (Å²) in [4.78, 5) is 28.8. The molecule has 0 fully saturated rings. The van der Waals surface area contributed by atoms with E-state index in [0.717, 1.165) is 16.9 Å². The highest BCUT2D eigenvalue weighted by molar-refractivity contribution is 5.97. The Kier molecular flexibility index (Phi) is 6.92. The van der Waals surface area contributed by atoms with Gasteiger partial charge in [0, 0.05) is 27.9 Å². The normalized spacial score (nSPS) is 12.2. The highest BCUT2D eigenvalue weighted by Gasteiger charge is 2.22. The van der Waals surface area contributed by atoms with Crippen LogP contribution in [0.15, 0.2) is 53.1 Å². The number of hydrogen-bond donors (Lipinski definition) is 2. The van der Waals surface area contributed by atoms with Gasteiger partial charge in [0.25, 0.3) is 5.91 Å². The predicted octanol–water partition coefficient (Wildman–Crippen LogP) is 4.46. The van der Waals surface area contributed by atoms with Crippen molar-refractivity contribution in [1.82, 2.24) is 15.5 Å². The fourth-order valence-electron chi connectivity index (χ4n) is 2.89. The van der Waals surface area contributed by atoms with Gasteiger partial charge in [-0.15, -0.1) is 0 Å². The lowest BCUT2D eigenvalue weighted by Gasteiger charge is -2.13. The van der Waals surface area contributed by atoms with Crippen LogP contribution in [-0.2, 0) is 14.9 Å². The zero-order valence-corrected chi connectivity index (χ0v) is 18.9. The van der Waals surface area contributed by atoms with Gasteiger partial charge in [-0.1, -0.05) is 44.1 Å². The monoisotopic (exact) mass is 436 g/mol. The zero-order valence-electron chi connectivity index (χ0n) is 18.9. The van der Waals surface area contributed by atoms with Gasteiger partial charge < -0.3 is 19.9 Å². The van der Waals surface area contributed by atoms with E-state index in [1.54, 1.807) is 32.0 Å². The van der Waals surface area contributed by atoms with E-state index in [4.69, 9.17) is 9.26 Å². The molecule has 1 aromatic heterocycles. The highest BCUT2D eigenvalue weighted by Crippen LogP contribution is 2.26. The molecule has 32 heavy (non-hydrogen) atoms. The third kappa shape index (κ3) is 5.72. The van der Waals surface area contributed by atoms with Crippen molar-refractivity contribution < 1.29 is 18.8 Å². The zero-order chi connectivity index (χ0) is 23.3. The van der Waals surface area contributed by atoms with Crippen molar-refractivity contribution in [2.45, 2.75) is 46.1 Å². The fraction of sp³-hybridized carbons (Fsp3) is 0.333. The first kappa shape index (κ1) is 23.0. The average molecular weight is 437 g/mol. The molecule has 0 radical (unpaired) electrons. The molecule has 0 saturated carbocycles. The molecule has 0 aliphatic rings. The van der Waals surface area contributed by atoms with E-state index in [0.29, 0.717) is 17.3 Å². The molecule has 2 aromatic carbocycles. The van der Waals surface area contributed by atoms with Gasteiger partial charge in [-0.05, 0) is 44.2 Å². The van der Waals surface area contributed by atoms with Gasteiger partial charge in [0.2, 0.25) is 11.7 Å². The number of ether oxygens (including phenoxy) is 1. The molecule has 1 amide bonds. The van der Waals surface area contributed by atoms with Crippen LogP contribution in [0.5, 0.6) is 0 Å². The van der Waals surface area contributed by atoms with Crippen LogP contribution in [0, 0.1) is 0 Å². The van der Waals surface area contributed by atoms with E-state index < -0.39 is 12.0 Å². The molecular weight excluding hydrogens is 408 g/mol. The summed E-state index contributed by atoms with van der Waals surface area (Å²) in [6.07, 6.45) is 0. The Labute approximate surface area is 187 Å². The lowest BCUT2D eigenvalue weighted by molar-refractivity contribution is -0.144. The Morgan fingerprint density at radius 3 is 2.44 bits per heavy atom. The second kappa shape index (κ2) is 9.64. The van der Waals surface area contributed by atoms with E-state index in [9.17, 15) is 9.59 Å². The number of nitrogens with zero attached hydrogens (tertiary/aromatic N) is 2.